The number of guanidine groups is 1. The third-order valence-corrected chi connectivity index (χ3v) is 4.23. The minimum absolute atomic E-state index is 0.633. The highest BCUT2D eigenvalue weighted by molar-refractivity contribution is 5.79. The van der Waals surface area contributed by atoms with E-state index in [1.807, 2.05) is 18.2 Å². The number of nitrogens with zero attached hydrogens (tertiary/aromatic N) is 2. The van der Waals surface area contributed by atoms with E-state index < -0.39 is 0 Å². The van der Waals surface area contributed by atoms with E-state index in [0.717, 1.165) is 63.0 Å². The lowest BCUT2D eigenvalue weighted by atomic mass is 10.1. The molecule has 0 spiro atoms. The van der Waals surface area contributed by atoms with Crippen molar-refractivity contribution in [1.82, 2.24) is 10.2 Å². The predicted molar refractivity (Wildman–Crippen MR) is 103 cm³/mol. The van der Waals surface area contributed by atoms with E-state index in [4.69, 9.17) is 14.5 Å². The fraction of sp³-hybridized carbons (Fsp3) is 0.550. The monoisotopic (exact) mass is 345 g/mol. The maximum atomic E-state index is 5.89. The maximum Gasteiger partial charge on any atom is 0.193 e. The zero-order chi connectivity index (χ0) is 17.9. The largest absolute Gasteiger partial charge is 0.491 e. The van der Waals surface area contributed by atoms with Crippen LogP contribution in [-0.4, -0.2) is 57.4 Å². The van der Waals surface area contributed by atoms with Gasteiger partial charge in [0.15, 0.2) is 5.96 Å². The summed E-state index contributed by atoms with van der Waals surface area (Å²) < 4.78 is 11.2. The molecule has 2 rings (SSSR count). The Morgan fingerprint density at radius 2 is 2.20 bits per heavy atom. The van der Waals surface area contributed by atoms with Gasteiger partial charge in [-0.1, -0.05) is 29.8 Å². The van der Waals surface area contributed by atoms with E-state index in [2.05, 4.69) is 43.3 Å². The average Bonchev–Trinajstić information content (AvgIpc) is 2.63. The fourth-order valence-corrected chi connectivity index (χ4v) is 2.68. The highest BCUT2D eigenvalue weighted by Gasteiger charge is 2.07. The zero-order valence-corrected chi connectivity index (χ0v) is 15.8. The van der Waals surface area contributed by atoms with Crippen LogP contribution in [0.3, 0.4) is 0 Å². The van der Waals surface area contributed by atoms with Crippen molar-refractivity contribution >= 4 is 5.96 Å². The Kier molecular flexibility index (Phi) is 8.32. The number of aliphatic imine (C=N–C) groups is 1. The molecule has 0 unspecified atom stereocenters. The average molecular weight is 345 g/mol. The molecule has 0 fully saturated rings. The van der Waals surface area contributed by atoms with Crippen molar-refractivity contribution < 1.29 is 9.47 Å². The second-order valence-electron chi connectivity index (χ2n) is 6.21. The first-order chi connectivity index (χ1) is 12.2. The van der Waals surface area contributed by atoms with Gasteiger partial charge in [-0.25, -0.2) is 0 Å². The third kappa shape index (κ3) is 6.78. The standard InChI is InChI=1S/C20H31N3O2/c1-4-21-20(22-12-9-18-10-14-24-15-11-18)23(3)13-16-25-19-8-6-5-7-17(19)2/h5-8,10H,4,9,11-16H2,1-3H3,(H,21,22). The lowest BCUT2D eigenvalue weighted by Gasteiger charge is -2.22. The Bertz CT molecular complexity index is 584. The second kappa shape index (κ2) is 10.8. The minimum Gasteiger partial charge on any atom is -0.491 e. The van der Waals surface area contributed by atoms with Gasteiger partial charge in [0, 0.05) is 20.1 Å². The van der Waals surface area contributed by atoms with Crippen LogP contribution < -0.4 is 10.1 Å². The van der Waals surface area contributed by atoms with Gasteiger partial charge >= 0.3 is 0 Å². The van der Waals surface area contributed by atoms with E-state index in [1.165, 1.54) is 5.57 Å². The summed E-state index contributed by atoms with van der Waals surface area (Å²) in [5.74, 6) is 1.88. The molecule has 1 aromatic rings. The molecule has 5 nitrogen and oxygen atoms in total. The summed E-state index contributed by atoms with van der Waals surface area (Å²) in [6, 6.07) is 8.10. The van der Waals surface area contributed by atoms with Crippen molar-refractivity contribution in [2.75, 3.05) is 46.5 Å². The van der Waals surface area contributed by atoms with Gasteiger partial charge < -0.3 is 19.7 Å². The molecule has 1 heterocycles. The Morgan fingerprint density at radius 1 is 1.36 bits per heavy atom. The number of nitrogens with one attached hydrogen (secondary N) is 1. The number of hydrogen-bond donors (Lipinski definition) is 1. The third-order valence-electron chi connectivity index (χ3n) is 4.23. The highest BCUT2D eigenvalue weighted by Crippen LogP contribution is 2.16. The van der Waals surface area contributed by atoms with Gasteiger partial charge in [-0.05, 0) is 38.3 Å². The Hall–Kier alpha value is -2.01. The molecule has 0 aliphatic carbocycles. The number of aryl methyl sites for hydroxylation is 1. The van der Waals surface area contributed by atoms with Gasteiger partial charge in [-0.3, -0.25) is 4.99 Å². The van der Waals surface area contributed by atoms with Gasteiger partial charge in [0.25, 0.3) is 0 Å². The van der Waals surface area contributed by atoms with Crippen LogP contribution in [0.4, 0.5) is 0 Å². The normalized spacial score (nSPS) is 14.8. The molecule has 1 aliphatic rings. The number of likely N-dealkylation sites (N-methyl/N-ethyl adjacent to an activating group) is 1. The molecule has 25 heavy (non-hydrogen) atoms. The van der Waals surface area contributed by atoms with Crippen LogP contribution >= 0.6 is 0 Å². The Balaban J connectivity index is 1.80. The lowest BCUT2D eigenvalue weighted by molar-refractivity contribution is 0.153. The van der Waals surface area contributed by atoms with Gasteiger partial charge in [-0.2, -0.15) is 0 Å². The van der Waals surface area contributed by atoms with Gasteiger partial charge in [0.1, 0.15) is 12.4 Å². The zero-order valence-electron chi connectivity index (χ0n) is 15.8. The van der Waals surface area contributed by atoms with Gasteiger partial charge in [0.05, 0.1) is 19.8 Å². The molecule has 0 saturated carbocycles. The number of benzene rings is 1. The van der Waals surface area contributed by atoms with E-state index in [1.54, 1.807) is 0 Å². The van der Waals surface area contributed by atoms with Crippen LogP contribution in [0.25, 0.3) is 0 Å². The summed E-state index contributed by atoms with van der Waals surface area (Å²) in [6.45, 7) is 8.82. The molecule has 5 heteroatoms. The first-order valence-corrected chi connectivity index (χ1v) is 9.14. The molecule has 0 atom stereocenters. The van der Waals surface area contributed by atoms with Crippen molar-refractivity contribution in [1.29, 1.82) is 0 Å². The highest BCUT2D eigenvalue weighted by atomic mass is 16.5. The fourth-order valence-electron chi connectivity index (χ4n) is 2.68. The summed E-state index contributed by atoms with van der Waals surface area (Å²) in [6.07, 6.45) is 4.23. The van der Waals surface area contributed by atoms with Crippen molar-refractivity contribution in [2.45, 2.75) is 26.7 Å². The Morgan fingerprint density at radius 3 is 2.92 bits per heavy atom. The Labute approximate surface area is 151 Å². The SMILES string of the molecule is CCNC(=NCCC1=CCOCC1)N(C)CCOc1ccccc1C. The van der Waals surface area contributed by atoms with Crippen molar-refractivity contribution in [3.05, 3.63) is 41.5 Å². The van der Waals surface area contributed by atoms with E-state index in [0.29, 0.717) is 6.61 Å². The molecule has 1 aromatic carbocycles. The molecule has 138 valence electrons. The van der Waals surface area contributed by atoms with E-state index in [-0.39, 0.29) is 0 Å². The van der Waals surface area contributed by atoms with Crippen LogP contribution in [0.5, 0.6) is 5.75 Å². The smallest absolute Gasteiger partial charge is 0.193 e. The van der Waals surface area contributed by atoms with Crippen LogP contribution in [0, 0.1) is 6.92 Å². The predicted octanol–water partition coefficient (Wildman–Crippen LogP) is 3.01. The molecular weight excluding hydrogens is 314 g/mol. The summed E-state index contributed by atoms with van der Waals surface area (Å²) in [7, 11) is 2.05. The first kappa shape index (κ1) is 19.3. The number of para-hydroxylation sites is 1. The quantitative estimate of drug-likeness (QED) is 0.447. The van der Waals surface area contributed by atoms with E-state index in [9.17, 15) is 0 Å². The summed E-state index contributed by atoms with van der Waals surface area (Å²) in [4.78, 5) is 6.87. The number of rotatable bonds is 8. The van der Waals surface area contributed by atoms with Crippen LogP contribution in [0.2, 0.25) is 0 Å². The van der Waals surface area contributed by atoms with Crippen molar-refractivity contribution in [2.24, 2.45) is 4.99 Å². The minimum atomic E-state index is 0.633. The summed E-state index contributed by atoms with van der Waals surface area (Å²) >= 11 is 0. The molecular formula is C20H31N3O2. The van der Waals surface area contributed by atoms with Gasteiger partial charge in [0.2, 0.25) is 0 Å². The first-order valence-electron chi connectivity index (χ1n) is 9.14. The second-order valence-corrected chi connectivity index (χ2v) is 6.21. The van der Waals surface area contributed by atoms with Crippen LogP contribution in [-0.2, 0) is 4.74 Å². The van der Waals surface area contributed by atoms with Gasteiger partial charge in [-0.15, -0.1) is 0 Å². The molecule has 1 aliphatic heterocycles. The molecule has 1 N–H and O–H groups in total. The topological polar surface area (TPSA) is 46.1 Å². The summed E-state index contributed by atoms with van der Waals surface area (Å²) in [5.41, 5.74) is 2.62. The lowest BCUT2D eigenvalue weighted by Crippen LogP contribution is -2.41. The molecule has 0 bridgehead atoms. The molecule has 0 amide bonds. The van der Waals surface area contributed by atoms with Crippen molar-refractivity contribution in [3.63, 3.8) is 0 Å². The molecule has 0 radical (unpaired) electrons. The maximum absolute atomic E-state index is 5.89. The van der Waals surface area contributed by atoms with E-state index >= 15 is 0 Å². The van der Waals surface area contributed by atoms with Crippen LogP contribution in [0.1, 0.15) is 25.3 Å². The van der Waals surface area contributed by atoms with Crippen LogP contribution in [0.15, 0.2) is 40.9 Å². The molecule has 0 aromatic heterocycles. The molecule has 0 saturated heterocycles. The number of ether oxygens (including phenoxy) is 2. The summed E-state index contributed by atoms with van der Waals surface area (Å²) in [5, 5.41) is 3.36. The number of hydrogen-bond acceptors (Lipinski definition) is 3. The van der Waals surface area contributed by atoms with Crippen molar-refractivity contribution in [3.8, 4) is 5.75 Å².